The number of nitrogens with zero attached hydrogens (tertiary/aromatic N) is 4. The zero-order valence-corrected chi connectivity index (χ0v) is 44.7. The van der Waals surface area contributed by atoms with Gasteiger partial charge in [-0.1, -0.05) is 148 Å². The standard InChI is InChI=1S/C71H53F3N4/c1-40-19-41(2)24-52(23-40)48-9-15-65-60(32-48)61-33-49(53-25-42(3)20-43(4)26-53)10-16-66(61)77(65)69-37-64(59-14-13-58(71(72,73)74)31-56(59)38-75)70(36-57(69)39-76)78-67-17-11-50(54-27-44(5)21-45(6)28-54)34-62(67)63-35-51(12-18-68(63)78)55-29-46(7)22-47(8)30-55/h9-37H,1-8H3. The van der Waals surface area contributed by atoms with E-state index in [2.05, 4.69) is 222 Å². The number of nitriles is 2. The molecule has 0 fully saturated rings. The molecule has 0 saturated carbocycles. The van der Waals surface area contributed by atoms with E-state index >= 15 is 0 Å². The van der Waals surface area contributed by atoms with Crippen molar-refractivity contribution in [2.45, 2.75) is 61.6 Å². The number of benzene rings is 10. The van der Waals surface area contributed by atoms with E-state index < -0.39 is 11.7 Å². The van der Waals surface area contributed by atoms with Gasteiger partial charge in [0.25, 0.3) is 0 Å². The third kappa shape index (κ3) is 8.68. The van der Waals surface area contributed by atoms with Crippen LogP contribution in [0.4, 0.5) is 13.2 Å². The smallest absolute Gasteiger partial charge is 0.309 e. The van der Waals surface area contributed by atoms with Gasteiger partial charge < -0.3 is 9.13 Å². The molecule has 0 saturated heterocycles. The van der Waals surface area contributed by atoms with Gasteiger partial charge in [-0.25, -0.2) is 0 Å². The molecular weight excluding hydrogens is 966 g/mol. The predicted octanol–water partition coefficient (Wildman–Crippen LogP) is 19.4. The fourth-order valence-corrected chi connectivity index (χ4v) is 12.1. The summed E-state index contributed by atoms with van der Waals surface area (Å²) in [4.78, 5) is 0. The second-order valence-corrected chi connectivity index (χ2v) is 21.5. The molecule has 0 aliphatic carbocycles. The zero-order valence-electron chi connectivity index (χ0n) is 44.7. The molecule has 0 spiro atoms. The monoisotopic (exact) mass is 1020 g/mol. The Morgan fingerprint density at radius 2 is 0.628 bits per heavy atom. The van der Waals surface area contributed by atoms with E-state index in [-0.39, 0.29) is 5.56 Å². The van der Waals surface area contributed by atoms with E-state index in [4.69, 9.17) is 0 Å². The Kier molecular flexibility index (Phi) is 11.8. The second kappa shape index (κ2) is 18.7. The van der Waals surface area contributed by atoms with Crippen molar-refractivity contribution >= 4 is 43.6 Å². The minimum Gasteiger partial charge on any atom is -0.309 e. The normalized spacial score (nSPS) is 11.8. The van der Waals surface area contributed by atoms with Crippen molar-refractivity contribution in [3.8, 4) is 79.1 Å². The van der Waals surface area contributed by atoms with Gasteiger partial charge in [0.2, 0.25) is 0 Å². The highest BCUT2D eigenvalue weighted by atomic mass is 19.4. The van der Waals surface area contributed by atoms with Crippen LogP contribution in [0.1, 0.15) is 61.2 Å². The van der Waals surface area contributed by atoms with Crippen molar-refractivity contribution in [3.63, 3.8) is 0 Å². The lowest BCUT2D eigenvalue weighted by atomic mass is 9.94. The quantitative estimate of drug-likeness (QED) is 0.160. The average molecular weight is 1020 g/mol. The van der Waals surface area contributed by atoms with Gasteiger partial charge in [0, 0.05) is 32.7 Å². The summed E-state index contributed by atoms with van der Waals surface area (Å²) in [6.07, 6.45) is -4.69. The fourth-order valence-electron chi connectivity index (χ4n) is 12.1. The number of hydrogen-bond acceptors (Lipinski definition) is 2. The molecule has 78 heavy (non-hydrogen) atoms. The van der Waals surface area contributed by atoms with Crippen molar-refractivity contribution < 1.29 is 13.2 Å². The Labute approximate surface area is 452 Å². The first-order valence-corrected chi connectivity index (χ1v) is 26.1. The summed E-state index contributed by atoms with van der Waals surface area (Å²) in [5.41, 5.74) is 22.1. The summed E-state index contributed by atoms with van der Waals surface area (Å²) >= 11 is 0. The maximum absolute atomic E-state index is 14.5. The highest BCUT2D eigenvalue weighted by Crippen LogP contribution is 2.45. The van der Waals surface area contributed by atoms with Crippen LogP contribution in [-0.4, -0.2) is 9.13 Å². The number of hydrogen-bond donors (Lipinski definition) is 0. The summed E-state index contributed by atoms with van der Waals surface area (Å²) in [6, 6.07) is 63.6. The SMILES string of the molecule is Cc1cc(C)cc(-c2ccc3c(c2)c2cc(-c4cc(C)cc(C)c4)ccc2n3-c2cc(-c3ccc(C(F)(F)F)cc3C#N)c(-n3c4ccc(-c5cc(C)cc(C)c5)cc4c4cc(-c5cc(C)cc(C)c5)ccc43)cc2C#N)c1. The molecule has 12 aromatic rings. The van der Waals surface area contributed by atoms with Crippen LogP contribution in [0.25, 0.3) is 111 Å². The molecule has 7 heteroatoms. The number of halogens is 3. The molecule has 378 valence electrons. The summed E-state index contributed by atoms with van der Waals surface area (Å²) in [5.74, 6) is 0. The highest BCUT2D eigenvalue weighted by Gasteiger charge is 2.32. The summed E-state index contributed by atoms with van der Waals surface area (Å²) in [5, 5.41) is 26.3. The maximum atomic E-state index is 14.5. The lowest BCUT2D eigenvalue weighted by molar-refractivity contribution is -0.137. The first kappa shape index (κ1) is 49.4. The van der Waals surface area contributed by atoms with E-state index in [9.17, 15) is 23.7 Å². The summed E-state index contributed by atoms with van der Waals surface area (Å²) in [6.45, 7) is 16.8. The molecular formula is C71H53F3N4. The van der Waals surface area contributed by atoms with Crippen molar-refractivity contribution in [1.29, 1.82) is 10.5 Å². The van der Waals surface area contributed by atoms with Crippen LogP contribution in [0.5, 0.6) is 0 Å². The van der Waals surface area contributed by atoms with E-state index in [0.29, 0.717) is 28.1 Å². The average Bonchev–Trinajstić information content (AvgIpc) is 4.13. The van der Waals surface area contributed by atoms with E-state index in [0.717, 1.165) is 145 Å². The Hall–Kier alpha value is -9.43. The van der Waals surface area contributed by atoms with E-state index in [1.165, 1.54) is 6.07 Å². The van der Waals surface area contributed by atoms with Crippen molar-refractivity contribution in [1.82, 2.24) is 9.13 Å². The minimum atomic E-state index is -4.69. The van der Waals surface area contributed by atoms with Crippen LogP contribution >= 0.6 is 0 Å². The van der Waals surface area contributed by atoms with Gasteiger partial charge >= 0.3 is 6.18 Å². The van der Waals surface area contributed by atoms with Gasteiger partial charge in [-0.2, -0.15) is 23.7 Å². The van der Waals surface area contributed by atoms with Crippen molar-refractivity contribution in [3.05, 3.63) is 237 Å². The van der Waals surface area contributed by atoms with E-state index in [1.807, 2.05) is 12.1 Å². The number of alkyl halides is 3. The molecule has 12 rings (SSSR count). The molecule has 0 N–H and O–H groups in total. The lowest BCUT2D eigenvalue weighted by Crippen LogP contribution is -2.07. The molecule has 0 unspecified atom stereocenters. The fraction of sp³-hybridized carbons (Fsp3) is 0.127. The van der Waals surface area contributed by atoms with Crippen LogP contribution in [0, 0.1) is 78.1 Å². The van der Waals surface area contributed by atoms with Crippen LogP contribution in [-0.2, 0) is 6.18 Å². The molecule has 0 amide bonds. The topological polar surface area (TPSA) is 57.4 Å². The van der Waals surface area contributed by atoms with E-state index in [1.54, 1.807) is 0 Å². The highest BCUT2D eigenvalue weighted by molar-refractivity contribution is 6.14. The Bertz CT molecular complexity index is 4310. The van der Waals surface area contributed by atoms with Crippen LogP contribution < -0.4 is 0 Å². The third-order valence-electron chi connectivity index (χ3n) is 15.2. The molecule has 0 aliphatic heterocycles. The first-order valence-electron chi connectivity index (χ1n) is 26.1. The Morgan fingerprint density at radius 1 is 0.308 bits per heavy atom. The van der Waals surface area contributed by atoms with Gasteiger partial charge in [-0.15, -0.1) is 0 Å². The van der Waals surface area contributed by atoms with Crippen molar-refractivity contribution in [2.24, 2.45) is 0 Å². The number of rotatable bonds is 7. The summed E-state index contributed by atoms with van der Waals surface area (Å²) < 4.78 is 47.8. The predicted molar refractivity (Wildman–Crippen MR) is 315 cm³/mol. The van der Waals surface area contributed by atoms with Gasteiger partial charge in [0.1, 0.15) is 6.07 Å². The second-order valence-electron chi connectivity index (χ2n) is 21.5. The Morgan fingerprint density at radius 3 is 0.936 bits per heavy atom. The summed E-state index contributed by atoms with van der Waals surface area (Å²) in [7, 11) is 0. The van der Waals surface area contributed by atoms with Crippen LogP contribution in [0.3, 0.4) is 0 Å². The third-order valence-corrected chi connectivity index (χ3v) is 15.2. The zero-order chi connectivity index (χ0) is 54.5. The molecule has 0 atom stereocenters. The first-order chi connectivity index (χ1) is 37.4. The Balaban J connectivity index is 1.18. The van der Waals surface area contributed by atoms with Gasteiger partial charge in [-0.3, -0.25) is 0 Å². The van der Waals surface area contributed by atoms with Crippen LogP contribution in [0.2, 0.25) is 0 Å². The molecule has 0 bridgehead atoms. The largest absolute Gasteiger partial charge is 0.416 e. The number of aryl methyl sites for hydroxylation is 8. The lowest BCUT2D eigenvalue weighted by Gasteiger charge is -2.20. The number of fused-ring (bicyclic) bond motifs is 6. The number of aromatic nitrogens is 2. The molecule has 2 heterocycles. The molecule has 2 aromatic heterocycles. The molecule has 4 nitrogen and oxygen atoms in total. The molecule has 10 aromatic carbocycles. The van der Waals surface area contributed by atoms with Gasteiger partial charge in [0.05, 0.1) is 56.2 Å². The van der Waals surface area contributed by atoms with Crippen molar-refractivity contribution in [2.75, 3.05) is 0 Å². The minimum absolute atomic E-state index is 0.143. The van der Waals surface area contributed by atoms with Crippen LogP contribution in [0.15, 0.2) is 176 Å². The van der Waals surface area contributed by atoms with Gasteiger partial charge in [-0.05, 0) is 173 Å². The molecule has 0 radical (unpaired) electrons. The maximum Gasteiger partial charge on any atom is 0.416 e. The molecule has 0 aliphatic rings. The van der Waals surface area contributed by atoms with Gasteiger partial charge in [0.15, 0.2) is 0 Å².